The standard InChI is InChI=1S/C22H46N2O2/c1-4-7-8-9-10-11-12-13-14-17-22(25)24(5-2)20-19-23-18-15-16-21-26-6-3/h23H,4-21H2,1-3H3. The van der Waals surface area contributed by atoms with E-state index in [-0.39, 0.29) is 0 Å². The van der Waals surface area contributed by atoms with Crippen LogP contribution in [-0.4, -0.2) is 50.2 Å². The molecule has 0 aliphatic rings. The van der Waals surface area contributed by atoms with E-state index in [4.69, 9.17) is 4.74 Å². The summed E-state index contributed by atoms with van der Waals surface area (Å²) >= 11 is 0. The second-order valence-electron chi connectivity index (χ2n) is 7.21. The monoisotopic (exact) mass is 370 g/mol. The zero-order valence-corrected chi connectivity index (χ0v) is 18.0. The number of amides is 1. The molecule has 0 saturated carbocycles. The summed E-state index contributed by atoms with van der Waals surface area (Å²) in [5.41, 5.74) is 0. The summed E-state index contributed by atoms with van der Waals surface area (Å²) < 4.78 is 5.33. The van der Waals surface area contributed by atoms with E-state index in [0.29, 0.717) is 5.91 Å². The van der Waals surface area contributed by atoms with Gasteiger partial charge in [0.1, 0.15) is 0 Å². The van der Waals surface area contributed by atoms with Crippen LogP contribution in [0.3, 0.4) is 0 Å². The van der Waals surface area contributed by atoms with Crippen LogP contribution in [0.2, 0.25) is 0 Å². The lowest BCUT2D eigenvalue weighted by Crippen LogP contribution is -2.36. The van der Waals surface area contributed by atoms with Crippen molar-refractivity contribution < 1.29 is 9.53 Å². The third-order valence-electron chi connectivity index (χ3n) is 4.88. The Morgan fingerprint density at radius 1 is 0.808 bits per heavy atom. The van der Waals surface area contributed by atoms with Crippen LogP contribution in [0.1, 0.15) is 97.8 Å². The first kappa shape index (κ1) is 25.4. The van der Waals surface area contributed by atoms with Gasteiger partial charge in [0, 0.05) is 39.3 Å². The number of nitrogens with one attached hydrogen (secondary N) is 1. The van der Waals surface area contributed by atoms with Gasteiger partial charge in [-0.15, -0.1) is 0 Å². The van der Waals surface area contributed by atoms with Crippen molar-refractivity contribution in [1.29, 1.82) is 0 Å². The van der Waals surface area contributed by atoms with Crippen molar-refractivity contribution in [2.45, 2.75) is 97.8 Å². The van der Waals surface area contributed by atoms with E-state index < -0.39 is 0 Å². The Morgan fingerprint density at radius 3 is 2.08 bits per heavy atom. The molecule has 26 heavy (non-hydrogen) atoms. The fourth-order valence-corrected chi connectivity index (χ4v) is 3.14. The highest BCUT2D eigenvalue weighted by Gasteiger charge is 2.10. The number of hydrogen-bond donors (Lipinski definition) is 1. The van der Waals surface area contributed by atoms with Crippen molar-refractivity contribution in [1.82, 2.24) is 10.2 Å². The molecule has 1 N–H and O–H groups in total. The van der Waals surface area contributed by atoms with Gasteiger partial charge in [-0.2, -0.15) is 0 Å². The van der Waals surface area contributed by atoms with Gasteiger partial charge in [-0.05, 0) is 39.7 Å². The third kappa shape index (κ3) is 16.8. The predicted octanol–water partition coefficient (Wildman–Crippen LogP) is 5.16. The summed E-state index contributed by atoms with van der Waals surface area (Å²) in [4.78, 5) is 14.3. The highest BCUT2D eigenvalue weighted by molar-refractivity contribution is 5.76. The van der Waals surface area contributed by atoms with Crippen molar-refractivity contribution in [3.8, 4) is 0 Å². The lowest BCUT2D eigenvalue weighted by molar-refractivity contribution is -0.131. The third-order valence-corrected chi connectivity index (χ3v) is 4.88. The molecule has 0 aliphatic heterocycles. The van der Waals surface area contributed by atoms with Gasteiger partial charge in [0.05, 0.1) is 0 Å². The van der Waals surface area contributed by atoms with Crippen LogP contribution in [0.4, 0.5) is 0 Å². The topological polar surface area (TPSA) is 41.6 Å². The smallest absolute Gasteiger partial charge is 0.222 e. The molecule has 0 rings (SSSR count). The summed E-state index contributed by atoms with van der Waals surface area (Å²) in [5, 5.41) is 3.44. The molecular weight excluding hydrogens is 324 g/mol. The zero-order valence-electron chi connectivity index (χ0n) is 18.0. The summed E-state index contributed by atoms with van der Waals surface area (Å²) in [6.07, 6.45) is 14.7. The second-order valence-corrected chi connectivity index (χ2v) is 7.21. The predicted molar refractivity (Wildman–Crippen MR) is 113 cm³/mol. The number of likely N-dealkylation sites (N-methyl/N-ethyl adjacent to an activating group) is 1. The number of nitrogens with zero attached hydrogens (tertiary/aromatic N) is 1. The van der Waals surface area contributed by atoms with Crippen LogP contribution in [0.25, 0.3) is 0 Å². The van der Waals surface area contributed by atoms with E-state index in [1.807, 2.05) is 11.8 Å². The Morgan fingerprint density at radius 2 is 1.46 bits per heavy atom. The number of unbranched alkanes of at least 4 members (excludes halogenated alkanes) is 9. The molecule has 0 unspecified atom stereocenters. The highest BCUT2D eigenvalue weighted by atomic mass is 16.5. The van der Waals surface area contributed by atoms with E-state index in [2.05, 4.69) is 19.2 Å². The summed E-state index contributed by atoms with van der Waals surface area (Å²) in [6, 6.07) is 0. The normalized spacial score (nSPS) is 11.0. The van der Waals surface area contributed by atoms with Crippen molar-refractivity contribution >= 4 is 5.91 Å². The van der Waals surface area contributed by atoms with Crippen LogP contribution in [0.15, 0.2) is 0 Å². The van der Waals surface area contributed by atoms with Crippen molar-refractivity contribution in [3.05, 3.63) is 0 Å². The van der Waals surface area contributed by atoms with Gasteiger partial charge in [0.15, 0.2) is 0 Å². The zero-order chi connectivity index (χ0) is 19.3. The van der Waals surface area contributed by atoms with Crippen molar-refractivity contribution in [2.24, 2.45) is 0 Å². The number of ether oxygens (including phenoxy) is 1. The van der Waals surface area contributed by atoms with Crippen LogP contribution in [-0.2, 0) is 9.53 Å². The highest BCUT2D eigenvalue weighted by Crippen LogP contribution is 2.11. The van der Waals surface area contributed by atoms with Gasteiger partial charge in [-0.1, -0.05) is 58.3 Å². The fourth-order valence-electron chi connectivity index (χ4n) is 3.14. The largest absolute Gasteiger partial charge is 0.382 e. The second kappa shape index (κ2) is 20.7. The molecule has 0 spiro atoms. The number of hydrogen-bond acceptors (Lipinski definition) is 3. The first-order chi connectivity index (χ1) is 12.8. The van der Waals surface area contributed by atoms with E-state index in [1.54, 1.807) is 0 Å². The molecule has 0 fully saturated rings. The van der Waals surface area contributed by atoms with Gasteiger partial charge in [0.25, 0.3) is 0 Å². The molecule has 0 saturated heterocycles. The Balaban J connectivity index is 3.50. The minimum Gasteiger partial charge on any atom is -0.382 e. The SMILES string of the molecule is CCCCCCCCCCCC(=O)N(CC)CCNCCCCOCC. The quantitative estimate of drug-likeness (QED) is 0.301. The Hall–Kier alpha value is -0.610. The molecular formula is C22H46N2O2. The molecule has 1 amide bonds. The fraction of sp³-hybridized carbons (Fsp3) is 0.955. The number of rotatable bonds is 20. The number of carbonyl (C=O) groups is 1. The Bertz CT molecular complexity index is 298. The van der Waals surface area contributed by atoms with E-state index in [0.717, 1.165) is 65.1 Å². The van der Waals surface area contributed by atoms with Gasteiger partial charge in [-0.3, -0.25) is 4.79 Å². The van der Waals surface area contributed by atoms with E-state index >= 15 is 0 Å². The molecule has 156 valence electrons. The average Bonchev–Trinajstić information content (AvgIpc) is 2.65. The van der Waals surface area contributed by atoms with Crippen LogP contribution in [0, 0.1) is 0 Å². The minimum absolute atomic E-state index is 0.327. The van der Waals surface area contributed by atoms with Crippen LogP contribution >= 0.6 is 0 Å². The molecule has 0 bridgehead atoms. The average molecular weight is 371 g/mol. The van der Waals surface area contributed by atoms with Gasteiger partial charge >= 0.3 is 0 Å². The first-order valence-electron chi connectivity index (χ1n) is 11.3. The molecule has 0 aromatic carbocycles. The minimum atomic E-state index is 0.327. The van der Waals surface area contributed by atoms with Gasteiger partial charge < -0.3 is 15.0 Å². The van der Waals surface area contributed by atoms with E-state index in [1.165, 1.54) is 51.4 Å². The molecule has 0 aliphatic carbocycles. The van der Waals surface area contributed by atoms with Crippen molar-refractivity contribution in [2.75, 3.05) is 39.4 Å². The lowest BCUT2D eigenvalue weighted by Gasteiger charge is -2.21. The summed E-state index contributed by atoms with van der Waals surface area (Å²) in [6.45, 7) is 11.6. The Kier molecular flexibility index (Phi) is 20.2. The van der Waals surface area contributed by atoms with Gasteiger partial charge in [-0.25, -0.2) is 0 Å². The Labute approximate surface area is 163 Å². The molecule has 0 radical (unpaired) electrons. The molecule has 0 aromatic heterocycles. The molecule has 4 heteroatoms. The first-order valence-corrected chi connectivity index (χ1v) is 11.3. The number of carbonyl (C=O) groups excluding carboxylic acids is 1. The molecule has 0 heterocycles. The van der Waals surface area contributed by atoms with E-state index in [9.17, 15) is 4.79 Å². The maximum absolute atomic E-state index is 12.3. The molecule has 0 atom stereocenters. The van der Waals surface area contributed by atoms with Crippen LogP contribution < -0.4 is 5.32 Å². The maximum Gasteiger partial charge on any atom is 0.222 e. The summed E-state index contributed by atoms with van der Waals surface area (Å²) in [5.74, 6) is 0.327. The lowest BCUT2D eigenvalue weighted by atomic mass is 10.1. The van der Waals surface area contributed by atoms with Crippen molar-refractivity contribution in [3.63, 3.8) is 0 Å². The maximum atomic E-state index is 12.3. The molecule has 4 nitrogen and oxygen atoms in total. The van der Waals surface area contributed by atoms with Gasteiger partial charge in [0.2, 0.25) is 5.91 Å². The van der Waals surface area contributed by atoms with Crippen LogP contribution in [0.5, 0.6) is 0 Å². The molecule has 0 aromatic rings. The summed E-state index contributed by atoms with van der Waals surface area (Å²) in [7, 11) is 0.